The first kappa shape index (κ1) is 26.7. The van der Waals surface area contributed by atoms with Gasteiger partial charge in [-0.2, -0.15) is 0 Å². The van der Waals surface area contributed by atoms with E-state index in [1.807, 2.05) is 81.4 Å². The van der Waals surface area contributed by atoms with Crippen LogP contribution in [0.1, 0.15) is 49.1 Å². The number of piperazine rings is 1. The van der Waals surface area contributed by atoms with Crippen LogP contribution in [0.25, 0.3) is 10.9 Å². The number of H-pyrrole nitrogens is 1. The van der Waals surface area contributed by atoms with Crippen molar-refractivity contribution >= 4 is 22.7 Å². The molecule has 3 heterocycles. The van der Waals surface area contributed by atoms with Gasteiger partial charge in [0.15, 0.2) is 17.0 Å². The number of aromatic nitrogens is 1. The Morgan fingerprint density at radius 1 is 0.976 bits per heavy atom. The molecule has 8 nitrogen and oxygen atoms in total. The number of nitrogens with zero attached hydrogens (tertiary/aromatic N) is 2. The Morgan fingerprint density at radius 2 is 1.78 bits per heavy atom. The summed E-state index contributed by atoms with van der Waals surface area (Å²) in [5.74, 6) is 1.66. The van der Waals surface area contributed by atoms with Gasteiger partial charge in [0.05, 0.1) is 26.0 Å². The zero-order valence-corrected chi connectivity index (χ0v) is 24.1. The minimum absolute atomic E-state index is 0.00209. The monoisotopic (exact) mass is 553 g/mol. The largest absolute Gasteiger partial charge is 0.497 e. The molecule has 0 radical (unpaired) electrons. The fraction of sp³-hybridized carbons (Fsp3) is 0.333. The first-order valence-electron chi connectivity index (χ1n) is 13.9. The number of benzene rings is 3. The van der Waals surface area contributed by atoms with Crippen LogP contribution in [0.5, 0.6) is 17.2 Å². The number of ether oxygens (including phenoxy) is 3. The number of fused-ring (bicyclic) bond motifs is 5. The molecule has 1 N–H and O–H groups in total. The average molecular weight is 554 g/mol. The lowest BCUT2D eigenvalue weighted by molar-refractivity contribution is -0.166. The van der Waals surface area contributed by atoms with Gasteiger partial charge >= 0.3 is 0 Å². The van der Waals surface area contributed by atoms with Gasteiger partial charge in [0.25, 0.3) is 5.91 Å². The van der Waals surface area contributed by atoms with Crippen LogP contribution in [0.3, 0.4) is 0 Å². The van der Waals surface area contributed by atoms with E-state index in [9.17, 15) is 9.59 Å². The van der Waals surface area contributed by atoms with Gasteiger partial charge in [-0.1, -0.05) is 36.4 Å². The zero-order chi connectivity index (χ0) is 28.9. The molecule has 2 atom stereocenters. The fourth-order valence-electron chi connectivity index (χ4n) is 6.35. The molecule has 1 saturated heterocycles. The summed E-state index contributed by atoms with van der Waals surface area (Å²) in [4.78, 5) is 35.2. The van der Waals surface area contributed by atoms with Crippen molar-refractivity contribution in [2.75, 3.05) is 27.3 Å². The number of hydrogen-bond acceptors (Lipinski definition) is 5. The number of aromatic amines is 1. The third-order valence-electron chi connectivity index (χ3n) is 8.28. The Kier molecular flexibility index (Phi) is 6.64. The lowest BCUT2D eigenvalue weighted by Gasteiger charge is -2.51. The van der Waals surface area contributed by atoms with Gasteiger partial charge in [-0.15, -0.1) is 0 Å². The minimum atomic E-state index is -1.18. The summed E-state index contributed by atoms with van der Waals surface area (Å²) in [5, 5.41) is 1.04. The SMILES string of the molecule is COc1cccc(CN2CC(=O)N3C[C@@H](c4ccc(OC(C)C)c(OC)c4)c4c([nH]c5ccccc45)[C@@]3(C)C2=O)c1. The van der Waals surface area contributed by atoms with Crippen molar-refractivity contribution in [1.82, 2.24) is 14.8 Å². The van der Waals surface area contributed by atoms with E-state index in [2.05, 4.69) is 11.1 Å². The van der Waals surface area contributed by atoms with Gasteiger partial charge in [0, 0.05) is 29.9 Å². The topological polar surface area (TPSA) is 84.1 Å². The maximum atomic E-state index is 14.4. The first-order valence-corrected chi connectivity index (χ1v) is 13.9. The summed E-state index contributed by atoms with van der Waals surface area (Å²) >= 11 is 0. The number of para-hydroxylation sites is 1. The zero-order valence-electron chi connectivity index (χ0n) is 24.1. The van der Waals surface area contributed by atoms with Gasteiger partial charge in [0.1, 0.15) is 12.3 Å². The van der Waals surface area contributed by atoms with E-state index in [4.69, 9.17) is 14.2 Å². The molecule has 0 spiro atoms. The summed E-state index contributed by atoms with van der Waals surface area (Å²) < 4.78 is 17.0. The third kappa shape index (κ3) is 4.38. The van der Waals surface area contributed by atoms with E-state index < -0.39 is 5.54 Å². The van der Waals surface area contributed by atoms with E-state index in [1.165, 1.54) is 0 Å². The van der Waals surface area contributed by atoms with Crippen molar-refractivity contribution in [2.45, 2.75) is 44.9 Å². The molecule has 3 aromatic carbocycles. The van der Waals surface area contributed by atoms with Gasteiger partial charge in [-0.05, 0) is 67.8 Å². The van der Waals surface area contributed by atoms with Crippen molar-refractivity contribution in [2.24, 2.45) is 0 Å². The Labute approximate surface area is 239 Å². The molecule has 212 valence electrons. The van der Waals surface area contributed by atoms with Crippen LogP contribution in [-0.4, -0.2) is 60.0 Å². The van der Waals surface area contributed by atoms with E-state index in [0.717, 1.165) is 33.3 Å². The molecule has 0 saturated carbocycles. The molecule has 2 aliphatic heterocycles. The fourth-order valence-corrected chi connectivity index (χ4v) is 6.35. The molecule has 2 aliphatic rings. The van der Waals surface area contributed by atoms with Crippen LogP contribution >= 0.6 is 0 Å². The quantitative estimate of drug-likeness (QED) is 0.340. The van der Waals surface area contributed by atoms with Gasteiger partial charge in [0.2, 0.25) is 5.91 Å². The Balaban J connectivity index is 1.46. The highest BCUT2D eigenvalue weighted by Crippen LogP contribution is 2.49. The van der Waals surface area contributed by atoms with Crippen molar-refractivity contribution in [3.63, 3.8) is 0 Å². The number of methoxy groups -OCH3 is 2. The molecule has 0 unspecified atom stereocenters. The van der Waals surface area contributed by atoms with Crippen LogP contribution in [0.2, 0.25) is 0 Å². The van der Waals surface area contributed by atoms with Crippen LogP contribution < -0.4 is 14.2 Å². The summed E-state index contributed by atoms with van der Waals surface area (Å²) in [6.45, 7) is 6.53. The lowest BCUT2D eigenvalue weighted by Crippen LogP contribution is -2.67. The van der Waals surface area contributed by atoms with Crippen molar-refractivity contribution < 1.29 is 23.8 Å². The van der Waals surface area contributed by atoms with Crippen LogP contribution in [0.15, 0.2) is 66.7 Å². The minimum Gasteiger partial charge on any atom is -0.497 e. The smallest absolute Gasteiger partial charge is 0.255 e. The van der Waals surface area contributed by atoms with E-state index in [-0.39, 0.29) is 30.4 Å². The third-order valence-corrected chi connectivity index (χ3v) is 8.28. The highest BCUT2D eigenvalue weighted by Gasteiger charge is 2.56. The summed E-state index contributed by atoms with van der Waals surface area (Å²) in [6, 6.07) is 21.6. The molecule has 8 heteroatoms. The van der Waals surface area contributed by atoms with Crippen LogP contribution in [0.4, 0.5) is 0 Å². The molecular formula is C33H35N3O5. The molecule has 0 aliphatic carbocycles. The highest BCUT2D eigenvalue weighted by molar-refractivity contribution is 6.01. The molecule has 1 fully saturated rings. The Morgan fingerprint density at radius 3 is 2.54 bits per heavy atom. The first-order chi connectivity index (χ1) is 19.7. The van der Waals surface area contributed by atoms with Gasteiger partial charge < -0.3 is 29.0 Å². The maximum Gasteiger partial charge on any atom is 0.255 e. The molecule has 6 rings (SSSR count). The van der Waals surface area contributed by atoms with Crippen LogP contribution in [-0.2, 0) is 21.7 Å². The second-order valence-corrected chi connectivity index (χ2v) is 11.2. The summed E-state index contributed by atoms with van der Waals surface area (Å²) in [7, 11) is 3.25. The molecule has 2 amide bonds. The van der Waals surface area contributed by atoms with E-state index in [1.54, 1.807) is 24.0 Å². The number of carbonyl (C=O) groups is 2. The number of rotatable bonds is 7. The molecule has 1 aromatic heterocycles. The Bertz CT molecular complexity index is 1640. The second kappa shape index (κ2) is 10.2. The standard InChI is InChI=1S/C33H35N3O5/c1-20(2)41-27-14-13-22(16-28(27)40-5)25-18-36-29(37)19-35(17-21-9-8-10-23(15-21)39-4)32(38)33(36,3)31-30(25)24-11-6-7-12-26(24)34-31/h6-16,20,25,34H,17-19H2,1-5H3/t25-,33-/m0/s1. The average Bonchev–Trinajstić information content (AvgIpc) is 3.37. The summed E-state index contributed by atoms with van der Waals surface area (Å²) in [6.07, 6.45) is 0.00209. The van der Waals surface area contributed by atoms with Gasteiger partial charge in [-0.25, -0.2) is 0 Å². The summed E-state index contributed by atoms with van der Waals surface area (Å²) in [5.41, 5.74) is 3.44. The van der Waals surface area contributed by atoms with Crippen molar-refractivity contribution in [3.05, 3.63) is 89.1 Å². The predicted molar refractivity (Wildman–Crippen MR) is 156 cm³/mol. The molecular weight excluding hydrogens is 518 g/mol. The number of amides is 2. The highest BCUT2D eigenvalue weighted by atomic mass is 16.5. The van der Waals surface area contributed by atoms with Crippen molar-refractivity contribution in [1.29, 1.82) is 0 Å². The molecule has 4 aromatic rings. The Hall–Kier alpha value is -4.46. The van der Waals surface area contributed by atoms with Crippen molar-refractivity contribution in [3.8, 4) is 17.2 Å². The number of nitrogens with one attached hydrogen (secondary N) is 1. The molecule has 41 heavy (non-hydrogen) atoms. The second-order valence-electron chi connectivity index (χ2n) is 11.2. The molecule has 0 bridgehead atoms. The predicted octanol–water partition coefficient (Wildman–Crippen LogP) is 5.20. The lowest BCUT2D eigenvalue weighted by atomic mass is 9.76. The van der Waals surface area contributed by atoms with Crippen LogP contribution in [0, 0.1) is 0 Å². The van der Waals surface area contributed by atoms with E-state index >= 15 is 0 Å². The maximum absolute atomic E-state index is 14.4. The number of carbonyl (C=O) groups excluding carboxylic acids is 2. The normalized spacial score (nSPS) is 20.3. The number of hydrogen-bond donors (Lipinski definition) is 1. The van der Waals surface area contributed by atoms with E-state index in [0.29, 0.717) is 30.3 Å². The van der Waals surface area contributed by atoms with Gasteiger partial charge in [-0.3, -0.25) is 9.59 Å².